The third-order valence-corrected chi connectivity index (χ3v) is 3.55. The molecule has 2 aromatic heterocycles. The molecule has 22 heavy (non-hydrogen) atoms. The van der Waals surface area contributed by atoms with Crippen molar-refractivity contribution >= 4 is 28.1 Å². The molecule has 0 aliphatic carbocycles. The zero-order valence-corrected chi connectivity index (χ0v) is 12.0. The highest BCUT2D eigenvalue weighted by Gasteiger charge is 2.05. The molecule has 0 aliphatic heterocycles. The maximum absolute atomic E-state index is 5.22. The molecule has 4 aromatic rings. The highest BCUT2D eigenvalue weighted by atomic mass is 16.5. The Bertz CT molecular complexity index is 961. The molecular weight excluding hydrogens is 276 g/mol. The smallest absolute Gasteiger partial charge is 0.245 e. The van der Waals surface area contributed by atoms with E-state index in [9.17, 15) is 0 Å². The number of aromatic nitrogens is 3. The van der Waals surface area contributed by atoms with Crippen LogP contribution in [0.15, 0.2) is 60.8 Å². The van der Waals surface area contributed by atoms with Crippen LogP contribution in [0.25, 0.3) is 16.4 Å². The molecule has 0 radical (unpaired) electrons. The van der Waals surface area contributed by atoms with Gasteiger partial charge in [0.05, 0.1) is 24.3 Å². The van der Waals surface area contributed by atoms with Crippen LogP contribution in [0.1, 0.15) is 0 Å². The predicted octanol–water partition coefficient (Wildman–Crippen LogP) is 3.63. The zero-order valence-electron chi connectivity index (χ0n) is 12.0. The maximum atomic E-state index is 5.22. The SMILES string of the molecule is COc1cccc(Nc2ncc3cc4ccccc4n3n2)c1. The molecule has 0 saturated heterocycles. The van der Waals surface area contributed by atoms with Crippen LogP contribution in [0.4, 0.5) is 11.6 Å². The molecule has 1 N–H and O–H groups in total. The lowest BCUT2D eigenvalue weighted by Crippen LogP contribution is -2.01. The van der Waals surface area contributed by atoms with Crippen LogP contribution in [-0.2, 0) is 0 Å². The molecule has 0 bridgehead atoms. The number of anilines is 2. The summed E-state index contributed by atoms with van der Waals surface area (Å²) < 4.78 is 7.12. The van der Waals surface area contributed by atoms with Gasteiger partial charge in [-0.05, 0) is 24.3 Å². The Morgan fingerprint density at radius 3 is 2.86 bits per heavy atom. The van der Waals surface area contributed by atoms with Gasteiger partial charge in [-0.25, -0.2) is 9.50 Å². The molecule has 2 aromatic carbocycles. The van der Waals surface area contributed by atoms with Crippen molar-refractivity contribution < 1.29 is 4.74 Å². The summed E-state index contributed by atoms with van der Waals surface area (Å²) in [4.78, 5) is 4.37. The van der Waals surface area contributed by atoms with Crippen LogP contribution >= 0.6 is 0 Å². The third kappa shape index (κ3) is 2.13. The summed E-state index contributed by atoms with van der Waals surface area (Å²) >= 11 is 0. The number of para-hydroxylation sites is 1. The van der Waals surface area contributed by atoms with Gasteiger partial charge in [-0.15, -0.1) is 5.10 Å². The van der Waals surface area contributed by atoms with Gasteiger partial charge in [-0.3, -0.25) is 0 Å². The van der Waals surface area contributed by atoms with Crippen molar-refractivity contribution in [3.05, 3.63) is 60.8 Å². The van der Waals surface area contributed by atoms with E-state index >= 15 is 0 Å². The van der Waals surface area contributed by atoms with Crippen LogP contribution < -0.4 is 10.1 Å². The van der Waals surface area contributed by atoms with Gasteiger partial charge in [0.2, 0.25) is 5.95 Å². The molecule has 0 aliphatic rings. The minimum atomic E-state index is 0.544. The average molecular weight is 290 g/mol. The molecule has 0 unspecified atom stereocenters. The number of ether oxygens (including phenoxy) is 1. The molecular formula is C17H14N4O. The van der Waals surface area contributed by atoms with E-state index < -0.39 is 0 Å². The van der Waals surface area contributed by atoms with Gasteiger partial charge in [0.15, 0.2) is 0 Å². The molecule has 4 rings (SSSR count). The van der Waals surface area contributed by atoms with Gasteiger partial charge in [0.25, 0.3) is 0 Å². The van der Waals surface area contributed by atoms with Gasteiger partial charge in [0.1, 0.15) is 5.75 Å². The predicted molar refractivity (Wildman–Crippen MR) is 86.8 cm³/mol. The molecule has 0 saturated carbocycles. The van der Waals surface area contributed by atoms with E-state index in [4.69, 9.17) is 4.74 Å². The molecule has 0 atom stereocenters. The van der Waals surface area contributed by atoms with Gasteiger partial charge >= 0.3 is 0 Å². The topological polar surface area (TPSA) is 51.5 Å². The first-order valence-electron chi connectivity index (χ1n) is 6.98. The second-order valence-corrected chi connectivity index (χ2v) is 4.98. The second-order valence-electron chi connectivity index (χ2n) is 4.98. The van der Waals surface area contributed by atoms with Crippen LogP contribution in [0.5, 0.6) is 5.75 Å². The number of nitrogens with zero attached hydrogens (tertiary/aromatic N) is 3. The van der Waals surface area contributed by atoms with E-state index in [0.717, 1.165) is 27.9 Å². The summed E-state index contributed by atoms with van der Waals surface area (Å²) in [6.45, 7) is 0. The quantitative estimate of drug-likeness (QED) is 0.626. The second kappa shape index (κ2) is 5.04. The van der Waals surface area contributed by atoms with Gasteiger partial charge < -0.3 is 10.1 Å². The standard InChI is InChI=1S/C17H14N4O/c1-22-15-7-4-6-13(10-15)19-17-18-11-14-9-12-5-2-3-8-16(12)21(14)20-17/h2-11H,1H3,(H,19,20). The van der Waals surface area contributed by atoms with Crippen molar-refractivity contribution in [3.8, 4) is 5.75 Å². The summed E-state index contributed by atoms with van der Waals surface area (Å²) in [6, 6.07) is 17.9. The van der Waals surface area contributed by atoms with Gasteiger partial charge in [-0.1, -0.05) is 24.3 Å². The fraction of sp³-hybridized carbons (Fsp3) is 0.0588. The summed E-state index contributed by atoms with van der Waals surface area (Å²) in [7, 11) is 1.65. The van der Waals surface area contributed by atoms with E-state index in [1.807, 2.05) is 53.2 Å². The number of nitrogens with one attached hydrogen (secondary N) is 1. The van der Waals surface area contributed by atoms with E-state index in [-0.39, 0.29) is 0 Å². The lowest BCUT2D eigenvalue weighted by Gasteiger charge is -2.07. The summed E-state index contributed by atoms with van der Waals surface area (Å²) in [5.74, 6) is 1.33. The maximum Gasteiger partial charge on any atom is 0.245 e. The summed E-state index contributed by atoms with van der Waals surface area (Å²) in [6.07, 6.45) is 1.81. The molecule has 5 heteroatoms. The zero-order chi connectivity index (χ0) is 14.9. The number of rotatable bonds is 3. The fourth-order valence-electron chi connectivity index (χ4n) is 2.50. The average Bonchev–Trinajstić information content (AvgIpc) is 2.93. The number of methoxy groups -OCH3 is 1. The lowest BCUT2D eigenvalue weighted by atomic mass is 10.2. The Balaban J connectivity index is 1.77. The van der Waals surface area contributed by atoms with Crippen LogP contribution in [0.2, 0.25) is 0 Å². The Kier molecular flexibility index (Phi) is 2.89. The van der Waals surface area contributed by atoms with Gasteiger partial charge in [-0.2, -0.15) is 0 Å². The first-order chi connectivity index (χ1) is 10.8. The van der Waals surface area contributed by atoms with E-state index in [0.29, 0.717) is 5.95 Å². The molecule has 2 heterocycles. The Labute approximate surface area is 127 Å². The van der Waals surface area contributed by atoms with Crippen molar-refractivity contribution in [2.45, 2.75) is 0 Å². The summed E-state index contributed by atoms with van der Waals surface area (Å²) in [5.41, 5.74) is 2.92. The largest absolute Gasteiger partial charge is 0.497 e. The number of hydrogen-bond acceptors (Lipinski definition) is 4. The van der Waals surface area contributed by atoms with E-state index in [2.05, 4.69) is 27.5 Å². The summed E-state index contributed by atoms with van der Waals surface area (Å²) in [5, 5.41) is 8.92. The monoisotopic (exact) mass is 290 g/mol. The number of fused-ring (bicyclic) bond motifs is 3. The Morgan fingerprint density at radius 2 is 1.95 bits per heavy atom. The normalized spacial score (nSPS) is 11.0. The fourth-order valence-corrected chi connectivity index (χ4v) is 2.50. The lowest BCUT2D eigenvalue weighted by molar-refractivity contribution is 0.415. The molecule has 0 amide bonds. The van der Waals surface area contributed by atoms with E-state index in [1.54, 1.807) is 7.11 Å². The minimum absolute atomic E-state index is 0.544. The number of hydrogen-bond donors (Lipinski definition) is 1. The van der Waals surface area contributed by atoms with Gasteiger partial charge in [0, 0.05) is 17.1 Å². The molecule has 5 nitrogen and oxygen atoms in total. The van der Waals surface area contributed by atoms with Crippen molar-refractivity contribution in [3.63, 3.8) is 0 Å². The first kappa shape index (κ1) is 12.6. The van der Waals surface area contributed by atoms with E-state index in [1.165, 1.54) is 0 Å². The van der Waals surface area contributed by atoms with Crippen molar-refractivity contribution in [2.75, 3.05) is 12.4 Å². The highest BCUT2D eigenvalue weighted by molar-refractivity contribution is 5.86. The van der Waals surface area contributed by atoms with Crippen LogP contribution in [-0.4, -0.2) is 21.7 Å². The van der Waals surface area contributed by atoms with Crippen molar-refractivity contribution in [1.29, 1.82) is 0 Å². The Hall–Kier alpha value is -3.08. The first-order valence-corrected chi connectivity index (χ1v) is 6.98. The van der Waals surface area contributed by atoms with Crippen molar-refractivity contribution in [2.24, 2.45) is 0 Å². The third-order valence-electron chi connectivity index (χ3n) is 3.55. The minimum Gasteiger partial charge on any atom is -0.497 e. The molecule has 0 fully saturated rings. The van der Waals surface area contributed by atoms with Crippen LogP contribution in [0.3, 0.4) is 0 Å². The van der Waals surface area contributed by atoms with Crippen molar-refractivity contribution in [1.82, 2.24) is 14.6 Å². The highest BCUT2D eigenvalue weighted by Crippen LogP contribution is 2.21. The van der Waals surface area contributed by atoms with Crippen LogP contribution in [0, 0.1) is 0 Å². The molecule has 0 spiro atoms. The number of benzene rings is 2. The Morgan fingerprint density at radius 1 is 1.05 bits per heavy atom. The molecule has 108 valence electrons.